The first kappa shape index (κ1) is 17.6. The molecule has 6 nitrogen and oxygen atoms in total. The van der Waals surface area contributed by atoms with Gasteiger partial charge in [-0.3, -0.25) is 0 Å². The topological polar surface area (TPSA) is 73.9 Å². The Bertz CT molecular complexity index is 858. The Morgan fingerprint density at radius 2 is 1.52 bits per heavy atom. The average molecular weight is 363 g/mol. The van der Waals surface area contributed by atoms with Crippen molar-refractivity contribution >= 4 is 10.0 Å². The fraction of sp³-hybridized carbons (Fsp3) is 0.333. The van der Waals surface area contributed by atoms with Crippen LogP contribution in [0.15, 0.2) is 47.4 Å². The Balaban J connectivity index is 1.88. The van der Waals surface area contributed by atoms with Gasteiger partial charge in [-0.25, -0.2) is 13.1 Å². The fourth-order valence-electron chi connectivity index (χ4n) is 2.78. The van der Waals surface area contributed by atoms with Crippen LogP contribution in [0.25, 0.3) is 0 Å². The molecule has 0 saturated heterocycles. The molecule has 0 heterocycles. The van der Waals surface area contributed by atoms with Crippen LogP contribution in [-0.2, 0) is 15.6 Å². The number of sulfonamides is 1. The Hall–Kier alpha value is -2.25. The summed E-state index contributed by atoms with van der Waals surface area (Å²) in [6.07, 6.45) is 1.51. The maximum atomic E-state index is 12.8. The van der Waals surface area contributed by atoms with E-state index in [0.717, 1.165) is 24.2 Å². The van der Waals surface area contributed by atoms with Gasteiger partial charge in [0.15, 0.2) is 11.5 Å². The number of ether oxygens (including phenoxy) is 3. The van der Waals surface area contributed by atoms with Crippen LogP contribution in [0.1, 0.15) is 18.4 Å². The van der Waals surface area contributed by atoms with Gasteiger partial charge in [-0.2, -0.15) is 0 Å². The highest BCUT2D eigenvalue weighted by molar-refractivity contribution is 7.89. The molecule has 7 heteroatoms. The lowest BCUT2D eigenvalue weighted by Gasteiger charge is -2.19. The minimum atomic E-state index is -3.69. The second-order valence-electron chi connectivity index (χ2n) is 5.93. The van der Waals surface area contributed by atoms with E-state index in [1.54, 1.807) is 13.2 Å². The highest BCUT2D eigenvalue weighted by Gasteiger charge is 2.47. The Labute approximate surface area is 147 Å². The van der Waals surface area contributed by atoms with Crippen molar-refractivity contribution in [2.24, 2.45) is 0 Å². The minimum absolute atomic E-state index is 0.143. The van der Waals surface area contributed by atoms with Crippen molar-refractivity contribution < 1.29 is 22.6 Å². The van der Waals surface area contributed by atoms with Crippen molar-refractivity contribution in [1.29, 1.82) is 0 Å². The van der Waals surface area contributed by atoms with Gasteiger partial charge in [-0.05, 0) is 42.7 Å². The molecule has 0 atom stereocenters. The molecule has 1 aliphatic carbocycles. The summed E-state index contributed by atoms with van der Waals surface area (Å²) in [6, 6.07) is 12.0. The number of rotatable bonds is 7. The highest BCUT2D eigenvalue weighted by atomic mass is 32.2. The van der Waals surface area contributed by atoms with E-state index in [9.17, 15) is 8.42 Å². The van der Waals surface area contributed by atoms with E-state index in [0.29, 0.717) is 11.5 Å². The van der Waals surface area contributed by atoms with Crippen molar-refractivity contribution in [3.8, 4) is 17.2 Å². The summed E-state index contributed by atoms with van der Waals surface area (Å²) in [5.74, 6) is 1.60. The molecular formula is C18H21NO5S. The SMILES string of the molecule is COc1ccc(C2(NS(=O)(=O)c3ccc(OC)c(OC)c3)CC2)cc1. The first-order valence-corrected chi connectivity index (χ1v) is 9.33. The largest absolute Gasteiger partial charge is 0.497 e. The lowest BCUT2D eigenvalue weighted by Crippen LogP contribution is -2.34. The normalized spacial score (nSPS) is 15.5. The van der Waals surface area contributed by atoms with Gasteiger partial charge in [0.2, 0.25) is 10.0 Å². The quantitative estimate of drug-likeness (QED) is 0.819. The zero-order valence-corrected chi connectivity index (χ0v) is 15.2. The van der Waals surface area contributed by atoms with Gasteiger partial charge in [0, 0.05) is 6.07 Å². The molecular weight excluding hydrogens is 342 g/mol. The van der Waals surface area contributed by atoms with E-state index < -0.39 is 15.6 Å². The van der Waals surface area contributed by atoms with E-state index in [1.165, 1.54) is 26.4 Å². The second-order valence-corrected chi connectivity index (χ2v) is 7.62. The predicted octanol–water partition coefficient (Wildman–Crippen LogP) is 2.68. The highest BCUT2D eigenvalue weighted by Crippen LogP contribution is 2.47. The number of hydrogen-bond donors (Lipinski definition) is 1. The van der Waals surface area contributed by atoms with E-state index >= 15 is 0 Å². The molecule has 0 aromatic heterocycles. The van der Waals surface area contributed by atoms with Crippen LogP contribution in [0.4, 0.5) is 0 Å². The van der Waals surface area contributed by atoms with Gasteiger partial charge in [-0.1, -0.05) is 12.1 Å². The minimum Gasteiger partial charge on any atom is -0.497 e. The predicted molar refractivity (Wildman–Crippen MR) is 93.8 cm³/mol. The molecule has 0 unspecified atom stereocenters. The van der Waals surface area contributed by atoms with Gasteiger partial charge in [0.05, 0.1) is 31.8 Å². The first-order chi connectivity index (χ1) is 11.9. The first-order valence-electron chi connectivity index (χ1n) is 7.85. The van der Waals surface area contributed by atoms with Crippen molar-refractivity contribution in [3.63, 3.8) is 0 Å². The molecule has 2 aromatic carbocycles. The zero-order chi connectivity index (χ0) is 18.1. The van der Waals surface area contributed by atoms with Crippen LogP contribution in [0.2, 0.25) is 0 Å². The molecule has 0 spiro atoms. The van der Waals surface area contributed by atoms with Crippen LogP contribution in [0, 0.1) is 0 Å². The number of nitrogens with one attached hydrogen (secondary N) is 1. The van der Waals surface area contributed by atoms with E-state index in [1.807, 2.05) is 24.3 Å². The number of benzene rings is 2. The fourth-order valence-corrected chi connectivity index (χ4v) is 4.25. The molecule has 1 fully saturated rings. The molecule has 0 amide bonds. The van der Waals surface area contributed by atoms with Crippen LogP contribution in [0.3, 0.4) is 0 Å². The molecule has 1 aliphatic rings. The third kappa shape index (κ3) is 3.43. The summed E-state index contributed by atoms with van der Waals surface area (Å²) in [5, 5.41) is 0. The third-order valence-corrected chi connectivity index (χ3v) is 5.92. The Morgan fingerprint density at radius 1 is 0.880 bits per heavy atom. The molecule has 134 valence electrons. The van der Waals surface area contributed by atoms with Gasteiger partial charge in [-0.15, -0.1) is 0 Å². The van der Waals surface area contributed by atoms with Crippen molar-refractivity contribution in [1.82, 2.24) is 4.72 Å². The van der Waals surface area contributed by atoms with Gasteiger partial charge < -0.3 is 14.2 Å². The molecule has 25 heavy (non-hydrogen) atoms. The maximum Gasteiger partial charge on any atom is 0.241 e. The lowest BCUT2D eigenvalue weighted by molar-refractivity contribution is 0.354. The van der Waals surface area contributed by atoms with E-state index in [4.69, 9.17) is 14.2 Å². The smallest absolute Gasteiger partial charge is 0.241 e. The van der Waals surface area contributed by atoms with Gasteiger partial charge >= 0.3 is 0 Å². The summed E-state index contributed by atoms with van der Waals surface area (Å²) in [6.45, 7) is 0. The van der Waals surface area contributed by atoms with Crippen LogP contribution in [-0.4, -0.2) is 29.7 Å². The molecule has 2 aromatic rings. The van der Waals surface area contributed by atoms with E-state index in [-0.39, 0.29) is 4.90 Å². The van der Waals surface area contributed by atoms with Crippen molar-refractivity contribution in [3.05, 3.63) is 48.0 Å². The average Bonchev–Trinajstić information content (AvgIpc) is 3.41. The summed E-state index contributed by atoms with van der Waals surface area (Å²) >= 11 is 0. The summed E-state index contributed by atoms with van der Waals surface area (Å²) < 4.78 is 44.0. The molecule has 0 bridgehead atoms. The lowest BCUT2D eigenvalue weighted by atomic mass is 10.1. The molecule has 0 radical (unpaired) electrons. The molecule has 1 N–H and O–H groups in total. The van der Waals surface area contributed by atoms with E-state index in [2.05, 4.69) is 4.72 Å². The second kappa shape index (κ2) is 6.57. The molecule has 3 rings (SSSR count). The van der Waals surface area contributed by atoms with Crippen LogP contribution in [0.5, 0.6) is 17.2 Å². The Kier molecular flexibility index (Phi) is 4.62. The van der Waals surface area contributed by atoms with Crippen molar-refractivity contribution in [2.45, 2.75) is 23.3 Å². The monoisotopic (exact) mass is 363 g/mol. The van der Waals surface area contributed by atoms with Gasteiger partial charge in [0.25, 0.3) is 0 Å². The number of methoxy groups -OCH3 is 3. The third-order valence-electron chi connectivity index (χ3n) is 4.39. The van der Waals surface area contributed by atoms with Crippen LogP contribution < -0.4 is 18.9 Å². The van der Waals surface area contributed by atoms with Crippen molar-refractivity contribution in [2.75, 3.05) is 21.3 Å². The van der Waals surface area contributed by atoms with Gasteiger partial charge in [0.1, 0.15) is 5.75 Å². The summed E-state index contributed by atoms with van der Waals surface area (Å²) in [5.41, 5.74) is 0.371. The summed E-state index contributed by atoms with van der Waals surface area (Å²) in [4.78, 5) is 0.143. The molecule has 0 aliphatic heterocycles. The molecule has 1 saturated carbocycles. The number of hydrogen-bond acceptors (Lipinski definition) is 5. The summed E-state index contributed by atoms with van der Waals surface area (Å²) in [7, 11) is 0.886. The standard InChI is InChI=1S/C18H21NO5S/c1-22-14-6-4-13(5-7-14)18(10-11-18)19-25(20,21)15-8-9-16(23-2)17(12-15)24-3/h4-9,12,19H,10-11H2,1-3H3. The maximum absolute atomic E-state index is 12.8. The Morgan fingerprint density at radius 3 is 2.04 bits per heavy atom. The zero-order valence-electron chi connectivity index (χ0n) is 14.4. The van der Waals surface area contributed by atoms with Crippen LogP contribution >= 0.6 is 0 Å².